The molecule has 2 fully saturated rings. The molecule has 13 nitrogen and oxygen atoms in total. The molecule has 13 heteroatoms. The Balaban J connectivity index is 2.21. The van der Waals surface area contributed by atoms with Gasteiger partial charge in [0.25, 0.3) is 0 Å². The van der Waals surface area contributed by atoms with Gasteiger partial charge >= 0.3 is 5.97 Å². The van der Waals surface area contributed by atoms with Gasteiger partial charge in [-0.3, -0.25) is 4.79 Å². The Labute approximate surface area is 305 Å². The van der Waals surface area contributed by atoms with E-state index < -0.39 is 89.9 Å². The number of ether oxygens (including phenoxy) is 7. The third-order valence-electron chi connectivity index (χ3n) is 11.8. The van der Waals surface area contributed by atoms with Gasteiger partial charge in [0, 0.05) is 32.6 Å². The molecular formula is C38H69NO12. The second kappa shape index (κ2) is 17.5. The van der Waals surface area contributed by atoms with Gasteiger partial charge < -0.3 is 58.5 Å². The molecular weight excluding hydrogens is 662 g/mol. The summed E-state index contributed by atoms with van der Waals surface area (Å²) in [7, 11) is 6.90. The number of aliphatic hydroxyl groups excluding tert-OH is 3. The van der Waals surface area contributed by atoms with Gasteiger partial charge in [0.1, 0.15) is 23.9 Å². The Morgan fingerprint density at radius 1 is 0.941 bits per heavy atom. The molecule has 298 valence electrons. The fourth-order valence-corrected chi connectivity index (χ4v) is 8.41. The van der Waals surface area contributed by atoms with Gasteiger partial charge in [0.2, 0.25) is 0 Å². The summed E-state index contributed by atoms with van der Waals surface area (Å²) in [5.74, 6) is -2.56. The van der Waals surface area contributed by atoms with Gasteiger partial charge in [-0.1, -0.05) is 20.8 Å². The Bertz CT molecular complexity index is 1170. The highest BCUT2D eigenvalue weighted by Crippen LogP contribution is 2.41. The smallest absolute Gasteiger partial charge is 0.311 e. The predicted molar refractivity (Wildman–Crippen MR) is 191 cm³/mol. The molecule has 4 N–H and O–H groups in total. The van der Waals surface area contributed by atoms with Crippen molar-refractivity contribution in [2.45, 2.75) is 179 Å². The van der Waals surface area contributed by atoms with Gasteiger partial charge in [-0.2, -0.15) is 0 Å². The highest BCUT2D eigenvalue weighted by atomic mass is 16.7. The topological polar surface area (TPSA) is 166 Å². The third-order valence-corrected chi connectivity index (χ3v) is 11.8. The van der Waals surface area contributed by atoms with E-state index in [1.807, 2.05) is 53.6 Å². The molecule has 17 atom stereocenters. The average molecular weight is 732 g/mol. The van der Waals surface area contributed by atoms with Crippen molar-refractivity contribution in [3.05, 3.63) is 11.6 Å². The first-order chi connectivity index (χ1) is 23.5. The molecule has 0 spiro atoms. The molecule has 0 aromatic carbocycles. The fraction of sp³-hybridized carbons (Fsp3) is 0.921. The number of likely N-dealkylation sites (N-methyl/N-ethyl adjacent to an activating group) is 1. The first-order valence-electron chi connectivity index (χ1n) is 18.6. The van der Waals surface area contributed by atoms with E-state index in [0.717, 1.165) is 0 Å². The minimum absolute atomic E-state index is 0.166. The number of methoxy groups -OCH3 is 2. The van der Waals surface area contributed by atoms with Crippen LogP contribution in [0.1, 0.15) is 94.9 Å². The summed E-state index contributed by atoms with van der Waals surface area (Å²) in [6, 6.07) is -0.245. The maximum atomic E-state index is 14.1. The summed E-state index contributed by atoms with van der Waals surface area (Å²) in [5, 5.41) is 45.7. The molecule has 0 bridgehead atoms. The summed E-state index contributed by atoms with van der Waals surface area (Å²) in [4.78, 5) is 16.1. The van der Waals surface area contributed by atoms with E-state index in [0.29, 0.717) is 18.4 Å². The van der Waals surface area contributed by atoms with Crippen molar-refractivity contribution in [3.8, 4) is 0 Å². The number of carbonyl (C=O) groups excluding carboxylic acids is 1. The van der Waals surface area contributed by atoms with Crippen LogP contribution in [0, 0.1) is 17.8 Å². The Morgan fingerprint density at radius 2 is 1.55 bits per heavy atom. The quantitative estimate of drug-likeness (QED) is 0.213. The van der Waals surface area contributed by atoms with Crippen molar-refractivity contribution in [2.75, 3.05) is 28.3 Å². The minimum Gasteiger partial charge on any atom is -0.459 e. The lowest BCUT2D eigenvalue weighted by Gasteiger charge is -2.50. The maximum absolute atomic E-state index is 14.1. The van der Waals surface area contributed by atoms with Crippen molar-refractivity contribution < 1.29 is 58.4 Å². The number of hydrogen-bond acceptors (Lipinski definition) is 13. The summed E-state index contributed by atoms with van der Waals surface area (Å²) in [5.41, 5.74) is -3.17. The number of esters is 1. The summed E-state index contributed by atoms with van der Waals surface area (Å²) < 4.78 is 44.1. The summed E-state index contributed by atoms with van der Waals surface area (Å²) in [6.07, 6.45) is -5.53. The van der Waals surface area contributed by atoms with Crippen LogP contribution in [0.2, 0.25) is 0 Å². The van der Waals surface area contributed by atoms with Crippen molar-refractivity contribution in [2.24, 2.45) is 17.8 Å². The highest BCUT2D eigenvalue weighted by Gasteiger charge is 2.52. The van der Waals surface area contributed by atoms with Crippen LogP contribution in [0.4, 0.5) is 0 Å². The Hall–Kier alpha value is -1.23. The molecule has 0 aliphatic carbocycles. The number of nitrogens with zero attached hydrogens (tertiary/aromatic N) is 1. The Kier molecular flexibility index (Phi) is 15.1. The van der Waals surface area contributed by atoms with E-state index >= 15 is 0 Å². The number of carbonyl (C=O) groups is 1. The van der Waals surface area contributed by atoms with Crippen LogP contribution >= 0.6 is 0 Å². The molecule has 3 aliphatic rings. The largest absolute Gasteiger partial charge is 0.459 e. The molecule has 3 rings (SSSR count). The van der Waals surface area contributed by atoms with Gasteiger partial charge in [-0.25, -0.2) is 0 Å². The number of cyclic esters (lactones) is 1. The lowest BCUT2D eigenvalue weighted by molar-refractivity contribution is -0.319. The van der Waals surface area contributed by atoms with Gasteiger partial charge in [-0.05, 0) is 99.4 Å². The second-order valence-electron chi connectivity index (χ2n) is 16.4. The molecule has 2 saturated heterocycles. The van der Waals surface area contributed by atoms with Crippen molar-refractivity contribution in [1.29, 1.82) is 0 Å². The molecule has 3 heterocycles. The van der Waals surface area contributed by atoms with Gasteiger partial charge in [-0.15, -0.1) is 0 Å². The van der Waals surface area contributed by atoms with Crippen molar-refractivity contribution in [3.63, 3.8) is 0 Å². The average Bonchev–Trinajstić information content (AvgIpc) is 3.06. The van der Waals surface area contributed by atoms with Gasteiger partial charge in [0.15, 0.2) is 12.6 Å². The van der Waals surface area contributed by atoms with Crippen molar-refractivity contribution >= 4 is 5.97 Å². The zero-order chi connectivity index (χ0) is 38.8. The minimum atomic E-state index is -1.58. The second-order valence-corrected chi connectivity index (χ2v) is 16.4. The molecule has 11 unspecified atom stereocenters. The number of rotatable bonds is 8. The standard InChI is InChI=1S/C38H69NO12/c1-15-27-36(8,44)17-20(2)29(40)21(3)18-38(10,46-14)33(51-35-30(41)26(39(11)12)16-22(4)47-35)23(5)31(24(6)34(43)49-27)50-28-19-37(9,45-13)32(42)25(7)48-28/h17,21-33,35,40-42,44H,15-16,18-19H2,1-14H3/b20-17-/t21?,22-,23?,24?,25+,26+,27?,28?,29?,30-,31?,32+,33?,35?,36?,37-,38?/m1/s1. The Morgan fingerprint density at radius 3 is 2.10 bits per heavy atom. The molecule has 0 saturated carbocycles. The highest BCUT2D eigenvalue weighted by molar-refractivity contribution is 5.73. The van der Waals surface area contributed by atoms with E-state index in [9.17, 15) is 25.2 Å². The molecule has 0 aromatic rings. The monoisotopic (exact) mass is 731 g/mol. The lowest BCUT2D eigenvalue weighted by Crippen LogP contribution is -2.61. The molecule has 3 aliphatic heterocycles. The summed E-state index contributed by atoms with van der Waals surface area (Å²) >= 11 is 0. The summed E-state index contributed by atoms with van der Waals surface area (Å²) in [6.45, 7) is 18.0. The maximum Gasteiger partial charge on any atom is 0.311 e. The molecule has 51 heavy (non-hydrogen) atoms. The van der Waals surface area contributed by atoms with Crippen LogP contribution in [0.3, 0.4) is 0 Å². The van der Waals surface area contributed by atoms with Gasteiger partial charge in [0.05, 0.1) is 47.6 Å². The van der Waals surface area contributed by atoms with E-state index in [1.54, 1.807) is 47.8 Å². The van der Waals surface area contributed by atoms with E-state index in [2.05, 4.69) is 0 Å². The van der Waals surface area contributed by atoms with Crippen LogP contribution in [-0.2, 0) is 38.0 Å². The number of hydrogen-bond donors (Lipinski definition) is 4. The van der Waals surface area contributed by atoms with Crippen LogP contribution < -0.4 is 0 Å². The first kappa shape index (κ1) is 44.2. The first-order valence-corrected chi connectivity index (χ1v) is 18.6. The predicted octanol–water partition coefficient (Wildman–Crippen LogP) is 3.18. The normalized spacial score (nSPS) is 49.2. The fourth-order valence-electron chi connectivity index (χ4n) is 8.41. The van der Waals surface area contributed by atoms with E-state index in [1.165, 1.54) is 7.11 Å². The zero-order valence-corrected chi connectivity index (χ0v) is 33.5. The van der Waals surface area contributed by atoms with E-state index in [-0.39, 0.29) is 30.9 Å². The lowest BCUT2D eigenvalue weighted by atomic mass is 9.75. The zero-order valence-electron chi connectivity index (χ0n) is 33.5. The molecule has 0 radical (unpaired) electrons. The van der Waals surface area contributed by atoms with E-state index in [4.69, 9.17) is 33.2 Å². The van der Waals surface area contributed by atoms with Crippen LogP contribution in [0.15, 0.2) is 11.6 Å². The van der Waals surface area contributed by atoms with Crippen LogP contribution in [0.25, 0.3) is 0 Å². The SMILES string of the molecule is CCC1OC(=O)C(C)C(OC2C[C@@](C)(OC)[C@@H](O)[C@H](C)O2)C(C)C(OC2O[C@H](C)C[C@H](N(C)C)[C@H]2O)C(C)(OC)CC(C)C(O)/C(C)=C\C1(C)O. The van der Waals surface area contributed by atoms with Crippen LogP contribution in [-0.4, -0.2) is 144 Å². The molecule has 0 aromatic heterocycles. The van der Waals surface area contributed by atoms with Crippen LogP contribution in [0.5, 0.6) is 0 Å². The van der Waals surface area contributed by atoms with Crippen molar-refractivity contribution in [1.82, 2.24) is 4.90 Å². The molecule has 0 amide bonds. The third kappa shape index (κ3) is 9.91. The number of aliphatic hydroxyl groups is 4.